The summed E-state index contributed by atoms with van der Waals surface area (Å²) in [6, 6.07) is 3.13. The SMILES string of the molecule is COCCCSCCn1cc(N)ccc1=O. The Labute approximate surface area is 99.8 Å². The first-order chi connectivity index (χ1) is 7.74. The molecule has 1 aromatic rings. The van der Waals surface area contributed by atoms with Gasteiger partial charge in [0.1, 0.15) is 0 Å². The third kappa shape index (κ3) is 4.72. The van der Waals surface area contributed by atoms with Crippen LogP contribution >= 0.6 is 11.8 Å². The van der Waals surface area contributed by atoms with Crippen molar-refractivity contribution >= 4 is 17.4 Å². The Kier molecular flexibility index (Phi) is 6.03. The largest absolute Gasteiger partial charge is 0.398 e. The van der Waals surface area contributed by atoms with E-state index in [1.807, 2.05) is 11.8 Å². The Bertz CT molecular complexity index is 365. The average molecular weight is 242 g/mol. The zero-order chi connectivity index (χ0) is 11.8. The van der Waals surface area contributed by atoms with Gasteiger partial charge < -0.3 is 15.0 Å². The second-order valence-corrected chi connectivity index (χ2v) is 4.68. The summed E-state index contributed by atoms with van der Waals surface area (Å²) < 4.78 is 6.61. The van der Waals surface area contributed by atoms with E-state index in [0.29, 0.717) is 12.2 Å². The van der Waals surface area contributed by atoms with E-state index in [-0.39, 0.29) is 5.56 Å². The summed E-state index contributed by atoms with van der Waals surface area (Å²) in [5, 5.41) is 0. The number of thioether (sulfide) groups is 1. The van der Waals surface area contributed by atoms with Gasteiger partial charge in [0.2, 0.25) is 0 Å². The molecular weight excluding hydrogens is 224 g/mol. The summed E-state index contributed by atoms with van der Waals surface area (Å²) in [6.45, 7) is 1.51. The van der Waals surface area contributed by atoms with Crippen LogP contribution in [0.4, 0.5) is 5.69 Å². The maximum absolute atomic E-state index is 11.4. The minimum absolute atomic E-state index is 0.00620. The van der Waals surface area contributed by atoms with Gasteiger partial charge in [0.25, 0.3) is 5.56 Å². The molecule has 16 heavy (non-hydrogen) atoms. The molecular formula is C11H18N2O2S. The Morgan fingerprint density at radius 1 is 1.44 bits per heavy atom. The van der Waals surface area contributed by atoms with E-state index in [0.717, 1.165) is 24.5 Å². The molecule has 2 N–H and O–H groups in total. The summed E-state index contributed by atoms with van der Waals surface area (Å²) in [5.74, 6) is 1.98. The van der Waals surface area contributed by atoms with Gasteiger partial charge in [-0.3, -0.25) is 4.79 Å². The summed E-state index contributed by atoms with van der Waals surface area (Å²) in [6.07, 6.45) is 2.74. The molecule has 0 aliphatic heterocycles. The lowest BCUT2D eigenvalue weighted by Gasteiger charge is -2.06. The van der Waals surface area contributed by atoms with Crippen LogP contribution in [0.15, 0.2) is 23.1 Å². The van der Waals surface area contributed by atoms with Crippen LogP contribution < -0.4 is 11.3 Å². The highest BCUT2D eigenvalue weighted by molar-refractivity contribution is 7.99. The highest BCUT2D eigenvalue weighted by Crippen LogP contribution is 2.04. The molecule has 1 rings (SSSR count). The number of pyridine rings is 1. The van der Waals surface area contributed by atoms with Gasteiger partial charge in [-0.05, 0) is 18.2 Å². The Morgan fingerprint density at radius 2 is 2.25 bits per heavy atom. The predicted molar refractivity (Wildman–Crippen MR) is 68.9 cm³/mol. The molecule has 0 aliphatic carbocycles. The summed E-state index contributed by atoms with van der Waals surface area (Å²) in [7, 11) is 1.71. The maximum atomic E-state index is 11.4. The average Bonchev–Trinajstić information content (AvgIpc) is 2.28. The van der Waals surface area contributed by atoms with Crippen molar-refractivity contribution in [1.82, 2.24) is 4.57 Å². The van der Waals surface area contributed by atoms with Gasteiger partial charge in [-0.2, -0.15) is 11.8 Å². The van der Waals surface area contributed by atoms with Gasteiger partial charge >= 0.3 is 0 Å². The molecule has 0 bridgehead atoms. The van der Waals surface area contributed by atoms with Crippen LogP contribution in [0.2, 0.25) is 0 Å². The van der Waals surface area contributed by atoms with E-state index in [4.69, 9.17) is 10.5 Å². The quantitative estimate of drug-likeness (QED) is 0.730. The number of nitrogen functional groups attached to an aromatic ring is 1. The molecule has 0 amide bonds. The van der Waals surface area contributed by atoms with Crippen LogP contribution in [-0.4, -0.2) is 29.8 Å². The minimum atomic E-state index is 0.00620. The predicted octanol–water partition coefficient (Wildman–Crippen LogP) is 1.20. The number of hydrogen-bond acceptors (Lipinski definition) is 4. The molecule has 0 unspecified atom stereocenters. The number of ether oxygens (including phenoxy) is 1. The number of anilines is 1. The monoisotopic (exact) mass is 242 g/mol. The topological polar surface area (TPSA) is 57.2 Å². The molecule has 0 fully saturated rings. The standard InChI is InChI=1S/C11H18N2O2S/c1-15-6-2-7-16-8-5-13-9-10(12)3-4-11(13)14/h3-4,9H,2,5-8,12H2,1H3. The zero-order valence-corrected chi connectivity index (χ0v) is 10.3. The Hall–Kier alpha value is -0.940. The van der Waals surface area contributed by atoms with E-state index in [1.165, 1.54) is 6.07 Å². The number of nitrogens with zero attached hydrogens (tertiary/aromatic N) is 1. The normalized spacial score (nSPS) is 10.6. The van der Waals surface area contributed by atoms with E-state index < -0.39 is 0 Å². The zero-order valence-electron chi connectivity index (χ0n) is 9.52. The van der Waals surface area contributed by atoms with Gasteiger partial charge in [-0.25, -0.2) is 0 Å². The molecule has 0 spiro atoms. The number of aromatic nitrogens is 1. The highest BCUT2D eigenvalue weighted by Gasteiger charge is 1.96. The molecule has 90 valence electrons. The maximum Gasteiger partial charge on any atom is 0.250 e. The fourth-order valence-corrected chi connectivity index (χ4v) is 2.15. The molecule has 0 aromatic carbocycles. The van der Waals surface area contributed by atoms with Gasteiger partial charge in [0, 0.05) is 44.0 Å². The summed E-state index contributed by atoms with van der Waals surface area (Å²) in [4.78, 5) is 11.4. The van der Waals surface area contributed by atoms with Crippen molar-refractivity contribution in [2.24, 2.45) is 0 Å². The molecule has 0 aliphatic rings. The van der Waals surface area contributed by atoms with Crippen LogP contribution in [0.3, 0.4) is 0 Å². The van der Waals surface area contributed by atoms with Gasteiger partial charge in [-0.15, -0.1) is 0 Å². The van der Waals surface area contributed by atoms with Crippen molar-refractivity contribution in [3.8, 4) is 0 Å². The first-order valence-corrected chi connectivity index (χ1v) is 6.42. The highest BCUT2D eigenvalue weighted by atomic mass is 32.2. The molecule has 1 heterocycles. The van der Waals surface area contributed by atoms with Gasteiger partial charge in [0.05, 0.1) is 0 Å². The van der Waals surface area contributed by atoms with Crippen LogP contribution in [0, 0.1) is 0 Å². The van der Waals surface area contributed by atoms with Gasteiger partial charge in [0.15, 0.2) is 0 Å². The van der Waals surface area contributed by atoms with Crippen molar-refractivity contribution < 1.29 is 4.74 Å². The smallest absolute Gasteiger partial charge is 0.250 e. The summed E-state index contributed by atoms with van der Waals surface area (Å²) in [5.41, 5.74) is 6.25. The van der Waals surface area contributed by atoms with Crippen molar-refractivity contribution in [1.29, 1.82) is 0 Å². The lowest BCUT2D eigenvalue weighted by Crippen LogP contribution is -2.20. The van der Waals surface area contributed by atoms with E-state index in [9.17, 15) is 4.79 Å². The van der Waals surface area contributed by atoms with Crippen molar-refractivity contribution in [3.63, 3.8) is 0 Å². The molecule has 0 radical (unpaired) electrons. The first-order valence-electron chi connectivity index (χ1n) is 5.26. The number of aryl methyl sites for hydroxylation is 1. The molecule has 0 saturated heterocycles. The third-order valence-electron chi connectivity index (χ3n) is 2.12. The number of hydrogen-bond donors (Lipinski definition) is 1. The summed E-state index contributed by atoms with van der Waals surface area (Å²) >= 11 is 1.82. The molecule has 0 saturated carbocycles. The minimum Gasteiger partial charge on any atom is -0.398 e. The van der Waals surface area contributed by atoms with Crippen molar-refractivity contribution in [3.05, 3.63) is 28.7 Å². The number of methoxy groups -OCH3 is 1. The van der Waals surface area contributed by atoms with E-state index >= 15 is 0 Å². The second-order valence-electron chi connectivity index (χ2n) is 3.45. The lowest BCUT2D eigenvalue weighted by molar-refractivity contribution is 0.200. The fourth-order valence-electron chi connectivity index (χ4n) is 1.29. The number of rotatable bonds is 7. The van der Waals surface area contributed by atoms with E-state index in [2.05, 4.69) is 0 Å². The number of nitrogens with two attached hydrogens (primary N) is 1. The Balaban J connectivity index is 2.26. The molecule has 0 atom stereocenters. The van der Waals surface area contributed by atoms with Crippen LogP contribution in [-0.2, 0) is 11.3 Å². The van der Waals surface area contributed by atoms with Crippen LogP contribution in [0.1, 0.15) is 6.42 Å². The first kappa shape index (κ1) is 13.1. The second kappa shape index (κ2) is 7.35. The fraction of sp³-hybridized carbons (Fsp3) is 0.545. The molecule has 4 nitrogen and oxygen atoms in total. The Morgan fingerprint density at radius 3 is 3.00 bits per heavy atom. The van der Waals surface area contributed by atoms with Crippen LogP contribution in [0.5, 0.6) is 0 Å². The molecule has 1 aromatic heterocycles. The molecule has 5 heteroatoms. The third-order valence-corrected chi connectivity index (χ3v) is 3.17. The van der Waals surface area contributed by atoms with Crippen molar-refractivity contribution in [2.45, 2.75) is 13.0 Å². The van der Waals surface area contributed by atoms with Gasteiger partial charge in [-0.1, -0.05) is 0 Å². The lowest BCUT2D eigenvalue weighted by atomic mass is 10.4. The van der Waals surface area contributed by atoms with E-state index in [1.54, 1.807) is 23.9 Å². The van der Waals surface area contributed by atoms with Crippen LogP contribution in [0.25, 0.3) is 0 Å². The van der Waals surface area contributed by atoms with Crippen molar-refractivity contribution in [2.75, 3.05) is 31.0 Å².